The molecule has 0 heterocycles. The minimum atomic E-state index is -0.509. The van der Waals surface area contributed by atoms with Crippen molar-refractivity contribution in [2.45, 2.75) is 13.0 Å². The molecular weight excluding hydrogens is 250 g/mol. The Bertz CT molecular complexity index is 482. The molecule has 0 fully saturated rings. The Hall–Kier alpha value is -1.88. The van der Waals surface area contributed by atoms with Gasteiger partial charge in [-0.2, -0.15) is 10.5 Å². The molecule has 18 heavy (non-hydrogen) atoms. The van der Waals surface area contributed by atoms with Crippen LogP contribution >= 0.6 is 11.6 Å². The van der Waals surface area contributed by atoms with Crippen LogP contribution in [0.1, 0.15) is 17.3 Å². The Morgan fingerprint density at radius 3 is 2.22 bits per heavy atom. The van der Waals surface area contributed by atoms with Gasteiger partial charge in [-0.3, -0.25) is 9.69 Å². The van der Waals surface area contributed by atoms with Gasteiger partial charge in [0.05, 0.1) is 31.3 Å². The maximum absolute atomic E-state index is 12.1. The summed E-state index contributed by atoms with van der Waals surface area (Å²) < 4.78 is 0. The predicted molar refractivity (Wildman–Crippen MR) is 68.0 cm³/mol. The molecule has 1 aromatic rings. The SMILES string of the molecule is CC(C(=O)c1ccc(Cl)cc1)N(CC#N)CC#N. The number of Topliss-reactive ketones (excluding diaryl/α,β-unsaturated/α-hetero) is 1. The summed E-state index contributed by atoms with van der Waals surface area (Å²) in [5, 5.41) is 17.9. The maximum Gasteiger partial charge on any atom is 0.179 e. The highest BCUT2D eigenvalue weighted by Crippen LogP contribution is 2.13. The molecule has 1 unspecified atom stereocenters. The van der Waals surface area contributed by atoms with Gasteiger partial charge in [0, 0.05) is 10.6 Å². The summed E-state index contributed by atoms with van der Waals surface area (Å²) in [7, 11) is 0. The number of halogens is 1. The molecule has 5 heteroatoms. The second kappa shape index (κ2) is 6.76. The van der Waals surface area contributed by atoms with E-state index in [1.54, 1.807) is 31.2 Å². The van der Waals surface area contributed by atoms with E-state index >= 15 is 0 Å². The van der Waals surface area contributed by atoms with Gasteiger partial charge < -0.3 is 0 Å². The Balaban J connectivity index is 2.85. The van der Waals surface area contributed by atoms with Crippen molar-refractivity contribution in [2.75, 3.05) is 13.1 Å². The van der Waals surface area contributed by atoms with Crippen LogP contribution in [0.4, 0.5) is 0 Å². The molecule has 0 spiro atoms. The number of ketones is 1. The lowest BCUT2D eigenvalue weighted by atomic mass is 10.0. The highest BCUT2D eigenvalue weighted by atomic mass is 35.5. The van der Waals surface area contributed by atoms with Crippen molar-refractivity contribution in [3.8, 4) is 12.1 Å². The summed E-state index contributed by atoms with van der Waals surface area (Å²) in [6.07, 6.45) is 0. The third-order valence-corrected chi connectivity index (χ3v) is 2.86. The molecule has 0 aromatic heterocycles. The number of benzene rings is 1. The molecule has 0 saturated carbocycles. The standard InChI is InChI=1S/C13H12ClN3O/c1-10(17(8-6-15)9-7-16)13(18)11-2-4-12(14)5-3-11/h2-5,10H,8-9H2,1H3. The number of rotatable bonds is 5. The summed E-state index contributed by atoms with van der Waals surface area (Å²) in [6.45, 7) is 1.79. The van der Waals surface area contributed by atoms with Crippen LogP contribution in [0.2, 0.25) is 5.02 Å². The van der Waals surface area contributed by atoms with Crippen molar-refractivity contribution < 1.29 is 4.79 Å². The molecule has 0 aliphatic carbocycles. The lowest BCUT2D eigenvalue weighted by molar-refractivity contribution is 0.0868. The van der Waals surface area contributed by atoms with Crippen molar-refractivity contribution in [3.63, 3.8) is 0 Å². The van der Waals surface area contributed by atoms with E-state index in [1.165, 1.54) is 4.90 Å². The van der Waals surface area contributed by atoms with Gasteiger partial charge in [0.25, 0.3) is 0 Å². The van der Waals surface area contributed by atoms with Crippen molar-refractivity contribution in [1.29, 1.82) is 10.5 Å². The van der Waals surface area contributed by atoms with Crippen molar-refractivity contribution in [1.82, 2.24) is 4.90 Å². The first-order chi connectivity index (χ1) is 8.60. The Kier molecular flexibility index (Phi) is 5.32. The second-order valence-corrected chi connectivity index (χ2v) is 4.20. The van der Waals surface area contributed by atoms with Crippen LogP contribution in [0.15, 0.2) is 24.3 Å². The van der Waals surface area contributed by atoms with Crippen molar-refractivity contribution >= 4 is 17.4 Å². The van der Waals surface area contributed by atoms with E-state index in [9.17, 15) is 4.79 Å². The summed E-state index contributed by atoms with van der Waals surface area (Å²) in [5.41, 5.74) is 0.521. The molecule has 1 aromatic carbocycles. The van der Waals surface area contributed by atoms with Gasteiger partial charge in [0.2, 0.25) is 0 Å². The van der Waals surface area contributed by atoms with Crippen molar-refractivity contribution in [3.05, 3.63) is 34.9 Å². The fourth-order valence-electron chi connectivity index (χ4n) is 1.53. The summed E-state index contributed by atoms with van der Waals surface area (Å²) >= 11 is 5.75. The highest BCUT2D eigenvalue weighted by molar-refractivity contribution is 6.30. The van der Waals surface area contributed by atoms with Gasteiger partial charge in [0.1, 0.15) is 0 Å². The molecule has 0 N–H and O–H groups in total. The van der Waals surface area contributed by atoms with E-state index < -0.39 is 6.04 Å². The third kappa shape index (κ3) is 3.56. The van der Waals surface area contributed by atoms with Crippen LogP contribution in [-0.4, -0.2) is 29.8 Å². The number of carbonyl (C=O) groups is 1. The van der Waals surface area contributed by atoms with Crippen LogP contribution in [0.3, 0.4) is 0 Å². The molecule has 1 rings (SSSR count). The Morgan fingerprint density at radius 2 is 1.78 bits per heavy atom. The number of hydrogen-bond donors (Lipinski definition) is 0. The van der Waals surface area contributed by atoms with E-state index in [2.05, 4.69) is 0 Å². The molecule has 0 saturated heterocycles. The first-order valence-electron chi connectivity index (χ1n) is 5.38. The molecule has 0 aliphatic rings. The van der Waals surface area contributed by atoms with Gasteiger partial charge in [-0.25, -0.2) is 0 Å². The van der Waals surface area contributed by atoms with Crippen LogP contribution in [0.5, 0.6) is 0 Å². The molecule has 92 valence electrons. The molecule has 0 amide bonds. The lowest BCUT2D eigenvalue weighted by Gasteiger charge is -2.22. The van der Waals surface area contributed by atoms with E-state index in [4.69, 9.17) is 22.1 Å². The van der Waals surface area contributed by atoms with Crippen LogP contribution in [0, 0.1) is 22.7 Å². The maximum atomic E-state index is 12.1. The van der Waals surface area contributed by atoms with E-state index in [0.29, 0.717) is 10.6 Å². The molecule has 0 aliphatic heterocycles. The summed E-state index contributed by atoms with van der Waals surface area (Å²) in [5.74, 6) is -0.128. The van der Waals surface area contributed by atoms with E-state index in [1.807, 2.05) is 12.1 Å². The van der Waals surface area contributed by atoms with Gasteiger partial charge in [0.15, 0.2) is 5.78 Å². The van der Waals surface area contributed by atoms with Crippen LogP contribution < -0.4 is 0 Å². The molecule has 0 radical (unpaired) electrons. The predicted octanol–water partition coefficient (Wildman–Crippen LogP) is 2.26. The number of hydrogen-bond acceptors (Lipinski definition) is 4. The zero-order valence-electron chi connectivity index (χ0n) is 9.93. The number of carbonyl (C=O) groups excluding carboxylic acids is 1. The van der Waals surface area contributed by atoms with Crippen LogP contribution in [0.25, 0.3) is 0 Å². The first-order valence-corrected chi connectivity index (χ1v) is 5.75. The van der Waals surface area contributed by atoms with Gasteiger partial charge in [-0.05, 0) is 31.2 Å². The zero-order valence-corrected chi connectivity index (χ0v) is 10.7. The minimum absolute atomic E-state index is 0.0497. The van der Waals surface area contributed by atoms with E-state index in [-0.39, 0.29) is 18.9 Å². The number of nitriles is 2. The fourth-order valence-corrected chi connectivity index (χ4v) is 1.66. The average molecular weight is 262 g/mol. The Labute approximate surface area is 111 Å². The largest absolute Gasteiger partial charge is 0.292 e. The smallest absolute Gasteiger partial charge is 0.179 e. The third-order valence-electron chi connectivity index (χ3n) is 2.60. The minimum Gasteiger partial charge on any atom is -0.292 e. The topological polar surface area (TPSA) is 67.9 Å². The quantitative estimate of drug-likeness (QED) is 0.602. The Morgan fingerprint density at radius 1 is 1.28 bits per heavy atom. The summed E-state index contributed by atoms with van der Waals surface area (Å²) in [6, 6.07) is 9.94. The first kappa shape index (κ1) is 14.2. The highest BCUT2D eigenvalue weighted by Gasteiger charge is 2.21. The van der Waals surface area contributed by atoms with Gasteiger partial charge >= 0.3 is 0 Å². The van der Waals surface area contributed by atoms with E-state index in [0.717, 1.165) is 0 Å². The normalized spacial score (nSPS) is 11.6. The monoisotopic (exact) mass is 261 g/mol. The zero-order chi connectivity index (χ0) is 13.5. The molecule has 4 nitrogen and oxygen atoms in total. The average Bonchev–Trinajstić information content (AvgIpc) is 2.38. The molecular formula is C13H12ClN3O. The molecule has 0 bridgehead atoms. The van der Waals surface area contributed by atoms with Crippen molar-refractivity contribution in [2.24, 2.45) is 0 Å². The number of nitrogens with zero attached hydrogens (tertiary/aromatic N) is 3. The second-order valence-electron chi connectivity index (χ2n) is 3.77. The van der Waals surface area contributed by atoms with Gasteiger partial charge in [-0.15, -0.1) is 0 Å². The fraction of sp³-hybridized carbons (Fsp3) is 0.308. The summed E-state index contributed by atoms with van der Waals surface area (Å²) in [4.78, 5) is 13.7. The lowest BCUT2D eigenvalue weighted by Crippen LogP contribution is -2.39. The van der Waals surface area contributed by atoms with Crippen LogP contribution in [-0.2, 0) is 0 Å². The van der Waals surface area contributed by atoms with Gasteiger partial charge in [-0.1, -0.05) is 11.6 Å². The molecule has 1 atom stereocenters.